The number of amides is 1. The number of imidazole rings is 1. The first-order chi connectivity index (χ1) is 15.0. The molecule has 0 saturated carbocycles. The number of nitrogens with one attached hydrogen (secondary N) is 1. The summed E-state index contributed by atoms with van der Waals surface area (Å²) in [6, 6.07) is 18.0. The van der Waals surface area contributed by atoms with E-state index in [4.69, 9.17) is 4.98 Å². The molecule has 2 aromatic carbocycles. The molecule has 7 heteroatoms. The molecule has 1 N–H and O–H groups in total. The Bertz CT molecular complexity index is 1200. The minimum atomic E-state index is -0.0986. The van der Waals surface area contributed by atoms with E-state index in [2.05, 4.69) is 29.4 Å². The normalized spacial score (nSPS) is 10.9. The number of hydrogen-bond acceptors (Lipinski definition) is 5. The van der Waals surface area contributed by atoms with E-state index in [0.717, 1.165) is 33.3 Å². The lowest BCUT2D eigenvalue weighted by Gasteiger charge is -2.13. The second-order valence-corrected chi connectivity index (χ2v) is 8.49. The van der Waals surface area contributed by atoms with Gasteiger partial charge in [-0.15, -0.1) is 0 Å². The summed E-state index contributed by atoms with van der Waals surface area (Å²) in [6.07, 6.45) is 3.49. The van der Waals surface area contributed by atoms with Crippen LogP contribution in [0.2, 0.25) is 0 Å². The molecule has 0 fully saturated rings. The summed E-state index contributed by atoms with van der Waals surface area (Å²) >= 11 is 1.63. The topological polar surface area (TPSA) is 63.1 Å². The molecule has 1 amide bonds. The summed E-state index contributed by atoms with van der Waals surface area (Å²) in [6.45, 7) is 2.28. The first kappa shape index (κ1) is 20.9. The van der Waals surface area contributed by atoms with Crippen molar-refractivity contribution in [3.8, 4) is 0 Å². The van der Waals surface area contributed by atoms with E-state index in [1.54, 1.807) is 24.2 Å². The number of carbonyl (C=O) groups is 1. The molecule has 0 unspecified atom stereocenters. The molecule has 0 aliphatic carbocycles. The van der Waals surface area contributed by atoms with E-state index < -0.39 is 0 Å². The van der Waals surface area contributed by atoms with Crippen LogP contribution in [0.3, 0.4) is 0 Å². The van der Waals surface area contributed by atoms with Gasteiger partial charge in [-0.1, -0.05) is 36.0 Å². The fourth-order valence-electron chi connectivity index (χ4n) is 3.31. The Hall–Kier alpha value is -3.32. The first-order valence-corrected chi connectivity index (χ1v) is 11.0. The van der Waals surface area contributed by atoms with Crippen molar-refractivity contribution >= 4 is 40.1 Å². The summed E-state index contributed by atoms with van der Waals surface area (Å²) in [4.78, 5) is 23.8. The highest BCUT2D eigenvalue weighted by Gasteiger charge is 2.15. The number of fused-ring (bicyclic) bond motifs is 1. The molecule has 0 saturated heterocycles. The number of rotatable bonds is 7. The van der Waals surface area contributed by atoms with Crippen LogP contribution in [0.5, 0.6) is 0 Å². The van der Waals surface area contributed by atoms with E-state index in [0.29, 0.717) is 0 Å². The number of carbonyl (C=O) groups excluding carboxylic acids is 1. The van der Waals surface area contributed by atoms with Gasteiger partial charge in [-0.05, 0) is 48.4 Å². The maximum absolute atomic E-state index is 12.8. The Morgan fingerprint density at radius 2 is 1.87 bits per heavy atom. The van der Waals surface area contributed by atoms with Gasteiger partial charge in [-0.3, -0.25) is 9.78 Å². The van der Waals surface area contributed by atoms with E-state index in [9.17, 15) is 4.79 Å². The number of aryl methyl sites for hydroxylation is 1. The van der Waals surface area contributed by atoms with Crippen LogP contribution in [-0.4, -0.2) is 34.5 Å². The van der Waals surface area contributed by atoms with Crippen LogP contribution in [-0.2, 0) is 17.1 Å². The van der Waals surface area contributed by atoms with Gasteiger partial charge < -0.3 is 14.8 Å². The molecule has 2 aromatic heterocycles. The average Bonchev–Trinajstić information content (AvgIpc) is 3.11. The molecule has 0 atom stereocenters. The summed E-state index contributed by atoms with van der Waals surface area (Å²) in [5.41, 5.74) is 6.05. The Morgan fingerprint density at radius 1 is 1.10 bits per heavy atom. The third-order valence-corrected chi connectivity index (χ3v) is 6.13. The Morgan fingerprint density at radius 3 is 2.61 bits per heavy atom. The molecule has 2 heterocycles. The number of aromatic nitrogens is 3. The highest BCUT2D eigenvalue weighted by molar-refractivity contribution is 7.98. The monoisotopic (exact) mass is 431 g/mol. The molecule has 4 rings (SSSR count). The zero-order valence-electron chi connectivity index (χ0n) is 17.9. The minimum Gasteiger partial charge on any atom is -0.378 e. The molecule has 4 aromatic rings. The molecule has 0 radical (unpaired) electrons. The van der Waals surface area contributed by atoms with Gasteiger partial charge in [0, 0.05) is 37.4 Å². The predicted octanol–water partition coefficient (Wildman–Crippen LogP) is 4.74. The Balaban J connectivity index is 1.53. The lowest BCUT2D eigenvalue weighted by molar-refractivity contribution is -0.116. The number of hydrogen-bond donors (Lipinski definition) is 1. The minimum absolute atomic E-state index is 0.0986. The number of pyridine rings is 1. The smallest absolute Gasteiger partial charge is 0.244 e. The number of thioether (sulfide) groups is 1. The van der Waals surface area contributed by atoms with Crippen molar-refractivity contribution in [1.29, 1.82) is 0 Å². The summed E-state index contributed by atoms with van der Waals surface area (Å²) < 4.78 is 1.94. The SMILES string of the molecule is Cc1ccccc1CSc1nc2ccncc2n1CC(=O)Nc1ccc(N(C)C)cc1. The summed E-state index contributed by atoms with van der Waals surface area (Å²) in [7, 11) is 3.98. The van der Waals surface area contributed by atoms with Gasteiger partial charge in [0.25, 0.3) is 0 Å². The molecule has 31 heavy (non-hydrogen) atoms. The van der Waals surface area contributed by atoms with Crippen molar-refractivity contribution < 1.29 is 4.79 Å². The lowest BCUT2D eigenvalue weighted by Crippen LogP contribution is -2.19. The maximum Gasteiger partial charge on any atom is 0.244 e. The van der Waals surface area contributed by atoms with Gasteiger partial charge in [0.2, 0.25) is 5.91 Å². The Labute approximate surface area is 186 Å². The van der Waals surface area contributed by atoms with Gasteiger partial charge in [-0.2, -0.15) is 0 Å². The molecule has 0 aliphatic rings. The van der Waals surface area contributed by atoms with Crippen LogP contribution in [0.25, 0.3) is 11.0 Å². The van der Waals surface area contributed by atoms with Crippen LogP contribution in [0.1, 0.15) is 11.1 Å². The molecule has 0 aliphatic heterocycles. The van der Waals surface area contributed by atoms with Crippen LogP contribution < -0.4 is 10.2 Å². The maximum atomic E-state index is 12.8. The molecule has 6 nitrogen and oxygen atoms in total. The zero-order chi connectivity index (χ0) is 21.8. The van der Waals surface area contributed by atoms with Crippen molar-refractivity contribution in [3.63, 3.8) is 0 Å². The molecular weight excluding hydrogens is 406 g/mol. The van der Waals surface area contributed by atoms with Gasteiger partial charge in [0.05, 0.1) is 17.2 Å². The van der Waals surface area contributed by atoms with Crippen LogP contribution >= 0.6 is 11.8 Å². The Kier molecular flexibility index (Phi) is 6.23. The third-order valence-electron chi connectivity index (χ3n) is 5.10. The average molecular weight is 432 g/mol. The van der Waals surface area contributed by atoms with Crippen LogP contribution in [0.4, 0.5) is 11.4 Å². The van der Waals surface area contributed by atoms with Gasteiger partial charge >= 0.3 is 0 Å². The third kappa shape index (κ3) is 4.88. The zero-order valence-corrected chi connectivity index (χ0v) is 18.7. The van der Waals surface area contributed by atoms with Gasteiger partial charge in [0.1, 0.15) is 6.54 Å². The largest absolute Gasteiger partial charge is 0.378 e. The molecule has 0 bridgehead atoms. The lowest BCUT2D eigenvalue weighted by atomic mass is 10.1. The molecular formula is C24H25N5OS. The van der Waals surface area contributed by atoms with Gasteiger partial charge in [0.15, 0.2) is 5.16 Å². The van der Waals surface area contributed by atoms with Crippen molar-refractivity contribution in [2.45, 2.75) is 24.4 Å². The van der Waals surface area contributed by atoms with Crippen molar-refractivity contribution in [2.75, 3.05) is 24.3 Å². The van der Waals surface area contributed by atoms with E-state index >= 15 is 0 Å². The van der Waals surface area contributed by atoms with Crippen molar-refractivity contribution in [3.05, 3.63) is 78.1 Å². The molecule has 0 spiro atoms. The molecule has 158 valence electrons. The van der Waals surface area contributed by atoms with Crippen molar-refractivity contribution in [1.82, 2.24) is 14.5 Å². The second-order valence-electron chi connectivity index (χ2n) is 7.55. The number of nitrogens with zero attached hydrogens (tertiary/aromatic N) is 4. The van der Waals surface area contributed by atoms with E-state index in [1.807, 2.05) is 66.0 Å². The van der Waals surface area contributed by atoms with Crippen molar-refractivity contribution in [2.24, 2.45) is 0 Å². The van der Waals surface area contributed by atoms with Crippen LogP contribution in [0, 0.1) is 6.92 Å². The van der Waals surface area contributed by atoms with Crippen LogP contribution in [0.15, 0.2) is 72.1 Å². The number of benzene rings is 2. The summed E-state index contributed by atoms with van der Waals surface area (Å²) in [5.74, 6) is 0.690. The fraction of sp³-hybridized carbons (Fsp3) is 0.208. The van der Waals surface area contributed by atoms with Gasteiger partial charge in [-0.25, -0.2) is 4.98 Å². The highest BCUT2D eigenvalue weighted by Crippen LogP contribution is 2.27. The quantitative estimate of drug-likeness (QED) is 0.428. The van der Waals surface area contributed by atoms with E-state index in [-0.39, 0.29) is 12.5 Å². The predicted molar refractivity (Wildman–Crippen MR) is 128 cm³/mol. The van der Waals surface area contributed by atoms with E-state index in [1.165, 1.54) is 11.1 Å². The standard InChI is InChI=1S/C24H25N5OS/c1-17-6-4-5-7-18(17)16-31-24-27-21-12-13-25-14-22(21)29(24)15-23(30)26-19-8-10-20(11-9-19)28(2)3/h4-14H,15-16H2,1-3H3,(H,26,30). The first-order valence-electron chi connectivity index (χ1n) is 10.1. The fourth-order valence-corrected chi connectivity index (χ4v) is 4.40. The number of anilines is 2. The second kappa shape index (κ2) is 9.22. The highest BCUT2D eigenvalue weighted by atomic mass is 32.2. The summed E-state index contributed by atoms with van der Waals surface area (Å²) in [5, 5.41) is 3.80.